The van der Waals surface area contributed by atoms with Gasteiger partial charge in [0.15, 0.2) is 0 Å². The van der Waals surface area contributed by atoms with Gasteiger partial charge in [0.05, 0.1) is 12.0 Å². The van der Waals surface area contributed by atoms with Crippen molar-refractivity contribution in [2.45, 2.75) is 6.04 Å². The second-order valence-corrected chi connectivity index (χ2v) is 6.24. The minimum atomic E-state index is -0.0799. The molecule has 0 aliphatic carbocycles. The molecule has 3 aromatic rings. The van der Waals surface area contributed by atoms with Gasteiger partial charge in [-0.3, -0.25) is 4.99 Å². The summed E-state index contributed by atoms with van der Waals surface area (Å²) < 4.78 is 0. The smallest absolute Gasteiger partial charge is 0.126 e. The fourth-order valence-corrected chi connectivity index (χ4v) is 2.92. The van der Waals surface area contributed by atoms with E-state index in [-0.39, 0.29) is 6.04 Å². The topological polar surface area (TPSA) is 50.4 Å². The Bertz CT molecular complexity index is 830. The van der Waals surface area contributed by atoms with Crippen molar-refractivity contribution in [1.29, 1.82) is 0 Å². The SMILES string of the molecule is NC(=NC(CNCCl)c1ccccc1)c1ccc(-c2ccccc2)cc1. The van der Waals surface area contributed by atoms with E-state index in [1.165, 1.54) is 5.56 Å². The third-order valence-corrected chi connectivity index (χ3v) is 4.39. The lowest BCUT2D eigenvalue weighted by Crippen LogP contribution is -2.22. The van der Waals surface area contributed by atoms with Crippen molar-refractivity contribution >= 4 is 17.4 Å². The summed E-state index contributed by atoms with van der Waals surface area (Å²) in [4.78, 5) is 4.73. The lowest BCUT2D eigenvalue weighted by molar-refractivity contribution is 0.644. The average molecular weight is 364 g/mol. The Balaban J connectivity index is 1.82. The van der Waals surface area contributed by atoms with Crippen molar-refractivity contribution in [3.05, 3.63) is 96.1 Å². The second-order valence-electron chi connectivity index (χ2n) is 5.97. The van der Waals surface area contributed by atoms with Gasteiger partial charge in [-0.05, 0) is 16.7 Å². The van der Waals surface area contributed by atoms with Gasteiger partial charge in [-0.1, -0.05) is 84.9 Å². The lowest BCUT2D eigenvalue weighted by Gasteiger charge is -2.14. The van der Waals surface area contributed by atoms with E-state index in [0.29, 0.717) is 18.4 Å². The highest BCUT2D eigenvalue weighted by Gasteiger charge is 2.11. The maximum atomic E-state index is 6.28. The summed E-state index contributed by atoms with van der Waals surface area (Å²) >= 11 is 5.77. The third-order valence-electron chi connectivity index (χ3n) is 4.20. The molecule has 3 rings (SSSR count). The largest absolute Gasteiger partial charge is 0.383 e. The van der Waals surface area contributed by atoms with Crippen LogP contribution < -0.4 is 11.1 Å². The van der Waals surface area contributed by atoms with E-state index in [1.807, 2.05) is 48.5 Å². The number of hydrogen-bond acceptors (Lipinski definition) is 2. The van der Waals surface area contributed by atoms with Crippen LogP contribution in [0.3, 0.4) is 0 Å². The molecule has 4 heteroatoms. The summed E-state index contributed by atoms with van der Waals surface area (Å²) in [6.45, 7) is 0.635. The van der Waals surface area contributed by atoms with Crippen LogP contribution >= 0.6 is 11.6 Å². The quantitative estimate of drug-likeness (QED) is 0.279. The zero-order valence-corrected chi connectivity index (χ0v) is 15.2. The van der Waals surface area contributed by atoms with E-state index in [9.17, 15) is 0 Å². The summed E-state index contributed by atoms with van der Waals surface area (Å²) in [7, 11) is 0. The molecule has 0 saturated heterocycles. The molecular formula is C22H22ClN3. The van der Waals surface area contributed by atoms with E-state index < -0.39 is 0 Å². The first kappa shape index (κ1) is 18.2. The monoisotopic (exact) mass is 363 g/mol. The van der Waals surface area contributed by atoms with Crippen molar-refractivity contribution in [2.24, 2.45) is 10.7 Å². The molecule has 1 atom stereocenters. The number of hydrogen-bond donors (Lipinski definition) is 2. The Morgan fingerprint density at radius 3 is 2.04 bits per heavy atom. The Labute approximate surface area is 159 Å². The fraction of sp³-hybridized carbons (Fsp3) is 0.136. The van der Waals surface area contributed by atoms with E-state index >= 15 is 0 Å². The molecule has 0 spiro atoms. The number of alkyl halides is 1. The van der Waals surface area contributed by atoms with Gasteiger partial charge in [-0.2, -0.15) is 0 Å². The number of rotatable bonds is 7. The van der Waals surface area contributed by atoms with Crippen LogP contribution in [0.1, 0.15) is 17.2 Å². The van der Waals surface area contributed by atoms with Crippen LogP contribution in [0.4, 0.5) is 0 Å². The van der Waals surface area contributed by atoms with Crippen molar-refractivity contribution in [3.63, 3.8) is 0 Å². The number of nitrogens with zero attached hydrogens (tertiary/aromatic N) is 1. The van der Waals surface area contributed by atoms with Crippen molar-refractivity contribution in [2.75, 3.05) is 12.5 Å². The van der Waals surface area contributed by atoms with E-state index in [4.69, 9.17) is 22.3 Å². The van der Waals surface area contributed by atoms with Crippen molar-refractivity contribution in [1.82, 2.24) is 5.32 Å². The molecule has 132 valence electrons. The van der Waals surface area contributed by atoms with Gasteiger partial charge >= 0.3 is 0 Å². The van der Waals surface area contributed by atoms with Gasteiger partial charge in [0, 0.05) is 12.1 Å². The molecule has 0 fully saturated rings. The lowest BCUT2D eigenvalue weighted by atomic mass is 10.0. The Kier molecular flexibility index (Phi) is 6.42. The number of benzene rings is 3. The first-order valence-electron chi connectivity index (χ1n) is 8.58. The Morgan fingerprint density at radius 2 is 1.42 bits per heavy atom. The molecule has 0 heterocycles. The molecule has 0 aliphatic rings. The van der Waals surface area contributed by atoms with Gasteiger partial charge in [0.2, 0.25) is 0 Å². The van der Waals surface area contributed by atoms with Crippen LogP contribution in [0.15, 0.2) is 89.9 Å². The summed E-state index contributed by atoms with van der Waals surface area (Å²) in [5, 5.41) is 3.14. The van der Waals surface area contributed by atoms with Gasteiger partial charge in [-0.15, -0.1) is 11.6 Å². The predicted octanol–water partition coefficient (Wildman–Crippen LogP) is 4.59. The molecule has 3 aromatic carbocycles. The molecule has 1 unspecified atom stereocenters. The maximum absolute atomic E-state index is 6.28. The number of nitrogens with two attached hydrogens (primary N) is 1. The number of halogens is 1. The van der Waals surface area contributed by atoms with Gasteiger partial charge in [0.1, 0.15) is 5.84 Å². The maximum Gasteiger partial charge on any atom is 0.126 e. The first-order chi connectivity index (χ1) is 12.8. The summed E-state index contributed by atoms with van der Waals surface area (Å²) in [5.41, 5.74) is 10.6. The Hall–Kier alpha value is -2.62. The molecule has 26 heavy (non-hydrogen) atoms. The van der Waals surface area contributed by atoms with Crippen LogP contribution in [0.5, 0.6) is 0 Å². The number of nitrogens with one attached hydrogen (secondary N) is 1. The highest BCUT2D eigenvalue weighted by atomic mass is 35.5. The highest BCUT2D eigenvalue weighted by molar-refractivity contribution is 6.17. The molecule has 0 amide bonds. The standard InChI is InChI=1S/C22H22ClN3/c23-16-25-15-21(19-9-5-2-6-10-19)26-22(24)20-13-11-18(12-14-20)17-7-3-1-4-8-17/h1-14,21,25H,15-16H2,(H2,24,26). The minimum Gasteiger partial charge on any atom is -0.383 e. The van der Waals surface area contributed by atoms with Crippen LogP contribution in [-0.2, 0) is 0 Å². The first-order valence-corrected chi connectivity index (χ1v) is 9.12. The van der Waals surface area contributed by atoms with E-state index in [1.54, 1.807) is 0 Å². The van der Waals surface area contributed by atoms with Crippen LogP contribution in [-0.4, -0.2) is 18.4 Å². The van der Waals surface area contributed by atoms with Gasteiger partial charge in [0.25, 0.3) is 0 Å². The molecule has 3 nitrogen and oxygen atoms in total. The van der Waals surface area contributed by atoms with Gasteiger partial charge < -0.3 is 11.1 Å². The van der Waals surface area contributed by atoms with Gasteiger partial charge in [-0.25, -0.2) is 0 Å². The summed E-state index contributed by atoms with van der Waals surface area (Å²) in [6.07, 6.45) is 0. The van der Waals surface area contributed by atoms with Crippen molar-refractivity contribution < 1.29 is 0 Å². The minimum absolute atomic E-state index is 0.0799. The normalized spacial score (nSPS) is 12.7. The van der Waals surface area contributed by atoms with Crippen LogP contribution in [0.25, 0.3) is 11.1 Å². The summed E-state index contributed by atoms with van der Waals surface area (Å²) in [6, 6.07) is 28.8. The zero-order valence-electron chi connectivity index (χ0n) is 14.5. The molecule has 0 aromatic heterocycles. The molecule has 0 saturated carbocycles. The van der Waals surface area contributed by atoms with Crippen molar-refractivity contribution in [3.8, 4) is 11.1 Å². The van der Waals surface area contributed by atoms with E-state index in [0.717, 1.165) is 16.7 Å². The molecule has 3 N–H and O–H groups in total. The number of amidine groups is 1. The molecule has 0 bridgehead atoms. The third kappa shape index (κ3) is 4.72. The molecular weight excluding hydrogens is 342 g/mol. The fourth-order valence-electron chi connectivity index (χ4n) is 2.81. The number of aliphatic imine (C=N–C) groups is 1. The predicted molar refractivity (Wildman–Crippen MR) is 111 cm³/mol. The van der Waals surface area contributed by atoms with Crippen LogP contribution in [0, 0.1) is 0 Å². The zero-order chi connectivity index (χ0) is 18.2. The Morgan fingerprint density at radius 1 is 0.846 bits per heavy atom. The van der Waals surface area contributed by atoms with E-state index in [2.05, 4.69) is 41.7 Å². The average Bonchev–Trinajstić information content (AvgIpc) is 2.72. The molecule has 0 radical (unpaired) electrons. The second kappa shape index (κ2) is 9.18. The summed E-state index contributed by atoms with van der Waals surface area (Å²) in [5.74, 6) is 0.523. The van der Waals surface area contributed by atoms with Crippen LogP contribution in [0.2, 0.25) is 0 Å². The highest BCUT2D eigenvalue weighted by Crippen LogP contribution is 2.21. The molecule has 0 aliphatic heterocycles.